The van der Waals surface area contributed by atoms with Crippen molar-refractivity contribution in [3.8, 4) is 0 Å². The quantitative estimate of drug-likeness (QED) is 0.283. The van der Waals surface area contributed by atoms with Gasteiger partial charge < -0.3 is 9.64 Å². The van der Waals surface area contributed by atoms with Crippen molar-refractivity contribution in [3.63, 3.8) is 0 Å². The van der Waals surface area contributed by atoms with Gasteiger partial charge in [0.1, 0.15) is 11.6 Å². The summed E-state index contributed by atoms with van der Waals surface area (Å²) in [6, 6.07) is -0.907. The highest BCUT2D eigenvalue weighted by atomic mass is 35.5. The molecule has 2 amide bonds. The van der Waals surface area contributed by atoms with Crippen LogP contribution in [-0.2, 0) is 9.53 Å². The molecular formula is C13H24ClN3O3. The molecule has 1 heterocycles. The number of hydrogen-bond donors (Lipinski definition) is 1. The molecule has 0 aliphatic carbocycles. The molecule has 0 aromatic carbocycles. The smallest absolute Gasteiger partial charge is 0.335 e. The number of carbonyl (C=O) groups is 2. The first-order valence-corrected chi connectivity index (χ1v) is 6.43. The highest BCUT2D eigenvalue weighted by Crippen LogP contribution is 2.21. The van der Waals surface area contributed by atoms with Crippen LogP contribution in [0.4, 0.5) is 4.79 Å². The van der Waals surface area contributed by atoms with E-state index < -0.39 is 11.6 Å². The number of hydrogen-bond acceptors (Lipinski definition) is 4. The Balaban J connectivity index is 0.00000361. The first-order chi connectivity index (χ1) is 8.76. The van der Waals surface area contributed by atoms with Crippen LogP contribution in [0.2, 0.25) is 0 Å². The molecule has 0 aromatic heterocycles. The Morgan fingerprint density at radius 3 is 2.60 bits per heavy atom. The fourth-order valence-electron chi connectivity index (χ4n) is 1.99. The number of hydrazine groups is 1. The molecule has 1 aliphatic heterocycles. The summed E-state index contributed by atoms with van der Waals surface area (Å²) in [6.07, 6.45) is 2.93. The lowest BCUT2D eigenvalue weighted by Crippen LogP contribution is -2.51. The van der Waals surface area contributed by atoms with Crippen molar-refractivity contribution in [1.29, 1.82) is 0 Å². The zero-order chi connectivity index (χ0) is 14.6. The number of esters is 1. The summed E-state index contributed by atoms with van der Waals surface area (Å²) in [5, 5.41) is 1.05. The van der Waals surface area contributed by atoms with Crippen molar-refractivity contribution < 1.29 is 14.3 Å². The van der Waals surface area contributed by atoms with Crippen LogP contribution in [0.5, 0.6) is 0 Å². The van der Waals surface area contributed by atoms with Crippen LogP contribution < -0.4 is 5.84 Å². The predicted molar refractivity (Wildman–Crippen MR) is 79.3 cm³/mol. The molecule has 116 valence electrons. The Kier molecular flexibility index (Phi) is 7.02. The van der Waals surface area contributed by atoms with Gasteiger partial charge in [0.25, 0.3) is 0 Å². The molecule has 1 saturated heterocycles. The van der Waals surface area contributed by atoms with Crippen LogP contribution in [0.1, 0.15) is 33.6 Å². The molecule has 1 aliphatic rings. The van der Waals surface area contributed by atoms with E-state index in [4.69, 9.17) is 10.6 Å². The Hall–Kier alpha value is -1.27. The molecule has 1 atom stereocenters. The van der Waals surface area contributed by atoms with Gasteiger partial charge in [0.05, 0.1) is 6.54 Å². The lowest BCUT2D eigenvalue weighted by Gasteiger charge is -2.29. The fraction of sp³-hybridized carbons (Fsp3) is 0.692. The third-order valence-corrected chi connectivity index (χ3v) is 2.75. The van der Waals surface area contributed by atoms with E-state index in [-0.39, 0.29) is 31.0 Å². The van der Waals surface area contributed by atoms with E-state index in [2.05, 4.69) is 6.58 Å². The van der Waals surface area contributed by atoms with Crippen LogP contribution in [-0.4, -0.2) is 46.6 Å². The predicted octanol–water partition coefficient (Wildman–Crippen LogP) is 1.70. The van der Waals surface area contributed by atoms with E-state index in [9.17, 15) is 9.59 Å². The number of rotatable bonds is 3. The summed E-state index contributed by atoms with van der Waals surface area (Å²) in [5.41, 5.74) is -0.558. The van der Waals surface area contributed by atoms with E-state index in [1.807, 2.05) is 0 Å². The summed E-state index contributed by atoms with van der Waals surface area (Å²) >= 11 is 0. The number of likely N-dealkylation sites (tertiary alicyclic amines) is 1. The molecule has 1 fully saturated rings. The molecule has 20 heavy (non-hydrogen) atoms. The standard InChI is InChI=1S/C13H23N3O3.ClH/c1-5-8-16(14)12(18)15-9-6-7-10(15)11(17)19-13(2,3)4;/h5,10H,1,6-9,14H2,2-4H3;1H/t10-;/m0./s1. The zero-order valence-corrected chi connectivity index (χ0v) is 13.1. The van der Waals surface area contributed by atoms with E-state index in [0.29, 0.717) is 13.0 Å². The minimum Gasteiger partial charge on any atom is -0.458 e. The normalized spacial score (nSPS) is 18.2. The highest BCUT2D eigenvalue weighted by molar-refractivity contribution is 5.85. The van der Waals surface area contributed by atoms with Crippen molar-refractivity contribution in [3.05, 3.63) is 12.7 Å². The topological polar surface area (TPSA) is 75.9 Å². The van der Waals surface area contributed by atoms with Gasteiger partial charge in [0.2, 0.25) is 0 Å². The van der Waals surface area contributed by atoms with E-state index >= 15 is 0 Å². The lowest BCUT2D eigenvalue weighted by atomic mass is 10.1. The first-order valence-electron chi connectivity index (χ1n) is 6.43. The average Bonchev–Trinajstić information content (AvgIpc) is 2.74. The number of halogens is 1. The summed E-state index contributed by atoms with van der Waals surface area (Å²) in [7, 11) is 0. The van der Waals surface area contributed by atoms with Crippen molar-refractivity contribution in [1.82, 2.24) is 9.91 Å². The second-order valence-electron chi connectivity index (χ2n) is 5.61. The average molecular weight is 306 g/mol. The maximum Gasteiger partial charge on any atom is 0.335 e. The van der Waals surface area contributed by atoms with Crippen molar-refractivity contribution in [2.24, 2.45) is 5.84 Å². The molecule has 0 bridgehead atoms. The fourth-order valence-corrected chi connectivity index (χ4v) is 1.99. The van der Waals surface area contributed by atoms with Crippen molar-refractivity contribution in [2.45, 2.75) is 45.3 Å². The maximum atomic E-state index is 12.1. The molecule has 6 nitrogen and oxygen atoms in total. The number of nitrogens with zero attached hydrogens (tertiary/aromatic N) is 2. The van der Waals surface area contributed by atoms with E-state index in [1.54, 1.807) is 20.8 Å². The molecule has 1 rings (SSSR count). The molecule has 7 heteroatoms. The van der Waals surface area contributed by atoms with Gasteiger partial charge in [-0.05, 0) is 33.6 Å². The van der Waals surface area contributed by atoms with Crippen LogP contribution in [0.25, 0.3) is 0 Å². The molecule has 0 spiro atoms. The molecule has 0 unspecified atom stereocenters. The van der Waals surface area contributed by atoms with Gasteiger partial charge in [0.15, 0.2) is 0 Å². The van der Waals surface area contributed by atoms with Gasteiger partial charge in [0, 0.05) is 6.54 Å². The minimum absolute atomic E-state index is 0. The lowest BCUT2D eigenvalue weighted by molar-refractivity contribution is -0.159. The van der Waals surface area contributed by atoms with Crippen LogP contribution in [0.3, 0.4) is 0 Å². The van der Waals surface area contributed by atoms with Gasteiger partial charge in [-0.15, -0.1) is 19.0 Å². The highest BCUT2D eigenvalue weighted by Gasteiger charge is 2.38. The summed E-state index contributed by atoms with van der Waals surface area (Å²) in [6.45, 7) is 9.71. The van der Waals surface area contributed by atoms with E-state index in [0.717, 1.165) is 11.4 Å². The summed E-state index contributed by atoms with van der Waals surface area (Å²) in [4.78, 5) is 25.6. The Morgan fingerprint density at radius 1 is 1.50 bits per heavy atom. The third kappa shape index (κ3) is 5.02. The number of urea groups is 1. The Bertz CT molecular complexity index is 368. The number of nitrogens with two attached hydrogens (primary N) is 1. The van der Waals surface area contributed by atoms with Crippen LogP contribution in [0.15, 0.2) is 12.7 Å². The molecule has 0 saturated carbocycles. The number of ether oxygens (including phenoxy) is 1. The monoisotopic (exact) mass is 305 g/mol. The maximum absolute atomic E-state index is 12.1. The van der Waals surface area contributed by atoms with Crippen LogP contribution >= 0.6 is 12.4 Å². The summed E-state index contributed by atoms with van der Waals surface area (Å²) in [5.74, 6) is 5.25. The largest absolute Gasteiger partial charge is 0.458 e. The Labute approximate surface area is 126 Å². The van der Waals surface area contributed by atoms with Crippen molar-refractivity contribution >= 4 is 24.4 Å². The SMILES string of the molecule is C=CCN(N)C(=O)N1CCC[C@H]1C(=O)OC(C)(C)C.Cl. The number of carbonyl (C=O) groups excluding carboxylic acids is 2. The Morgan fingerprint density at radius 2 is 2.10 bits per heavy atom. The van der Waals surface area contributed by atoms with Gasteiger partial charge in [-0.1, -0.05) is 6.08 Å². The molecule has 0 radical (unpaired) electrons. The molecule has 2 N–H and O–H groups in total. The van der Waals surface area contributed by atoms with Gasteiger partial charge in [-0.3, -0.25) is 5.01 Å². The van der Waals surface area contributed by atoms with Gasteiger partial charge in [-0.2, -0.15) is 0 Å². The zero-order valence-electron chi connectivity index (χ0n) is 12.3. The minimum atomic E-state index is -0.558. The first kappa shape index (κ1) is 18.7. The second-order valence-corrected chi connectivity index (χ2v) is 5.61. The molecule has 0 aromatic rings. The third-order valence-electron chi connectivity index (χ3n) is 2.75. The summed E-state index contributed by atoms with van der Waals surface area (Å²) < 4.78 is 5.33. The van der Waals surface area contributed by atoms with Crippen LogP contribution in [0, 0.1) is 0 Å². The van der Waals surface area contributed by atoms with E-state index in [1.165, 1.54) is 11.0 Å². The molecular weight excluding hydrogens is 282 g/mol. The number of amides is 2. The van der Waals surface area contributed by atoms with Gasteiger partial charge in [-0.25, -0.2) is 15.4 Å². The second kappa shape index (κ2) is 7.50. The van der Waals surface area contributed by atoms with Crippen molar-refractivity contribution in [2.75, 3.05) is 13.1 Å². The van der Waals surface area contributed by atoms with Gasteiger partial charge >= 0.3 is 12.0 Å².